The van der Waals surface area contributed by atoms with Crippen LogP contribution in [0.15, 0.2) is 12.2 Å². The Balaban J connectivity index is 2.47. The maximum Gasteiger partial charge on any atom is 0.0871 e. The molecule has 3 N–H and O–H groups in total. The predicted octanol–water partition coefficient (Wildman–Crippen LogP) is 0.0246. The zero-order valence-corrected chi connectivity index (χ0v) is 4.75. The van der Waals surface area contributed by atoms with Crippen LogP contribution in [0.3, 0.4) is 0 Å². The van der Waals surface area contributed by atoms with Gasteiger partial charge >= 0.3 is 0 Å². The van der Waals surface area contributed by atoms with Crippen LogP contribution in [0, 0.1) is 0 Å². The topological polar surface area (TPSA) is 46.2 Å². The highest BCUT2D eigenvalue weighted by atomic mass is 16.3. The van der Waals surface area contributed by atoms with Gasteiger partial charge < -0.3 is 10.8 Å². The minimum atomic E-state index is -0.399. The van der Waals surface area contributed by atoms with Gasteiger partial charge in [-0.05, 0) is 12.8 Å². The van der Waals surface area contributed by atoms with E-state index in [-0.39, 0.29) is 6.04 Å². The first-order valence-corrected chi connectivity index (χ1v) is 2.91. The van der Waals surface area contributed by atoms with Crippen LogP contribution in [0.4, 0.5) is 0 Å². The van der Waals surface area contributed by atoms with Gasteiger partial charge in [-0.15, -0.1) is 0 Å². The molecular formula is C6H11NO. The molecule has 2 atom stereocenters. The highest BCUT2D eigenvalue weighted by Crippen LogP contribution is 2.08. The van der Waals surface area contributed by atoms with Gasteiger partial charge in [0.15, 0.2) is 0 Å². The van der Waals surface area contributed by atoms with Crippen LogP contribution < -0.4 is 5.73 Å². The van der Waals surface area contributed by atoms with Crippen LogP contribution in [0.2, 0.25) is 0 Å². The molecule has 2 heteroatoms. The summed E-state index contributed by atoms with van der Waals surface area (Å²) in [6, 6.07) is -0.0278. The molecule has 1 aliphatic rings. The lowest BCUT2D eigenvalue weighted by atomic mass is 10.0. The predicted molar refractivity (Wildman–Crippen MR) is 32.4 cm³/mol. The van der Waals surface area contributed by atoms with Crippen molar-refractivity contribution in [3.8, 4) is 0 Å². The maximum absolute atomic E-state index is 8.97. The van der Waals surface area contributed by atoms with E-state index in [2.05, 4.69) is 0 Å². The summed E-state index contributed by atoms with van der Waals surface area (Å²) in [5.41, 5.74) is 5.48. The molecule has 0 saturated carbocycles. The Bertz CT molecular complexity index is 101. The van der Waals surface area contributed by atoms with E-state index in [1.54, 1.807) is 6.08 Å². The van der Waals surface area contributed by atoms with E-state index in [1.165, 1.54) is 0 Å². The Morgan fingerprint density at radius 3 is 2.75 bits per heavy atom. The van der Waals surface area contributed by atoms with Gasteiger partial charge in [-0.2, -0.15) is 0 Å². The van der Waals surface area contributed by atoms with Crippen molar-refractivity contribution in [1.29, 1.82) is 0 Å². The fraction of sp³-hybridized carbons (Fsp3) is 0.667. The highest BCUT2D eigenvalue weighted by molar-refractivity contribution is 4.99. The molecule has 0 amide bonds. The zero-order chi connectivity index (χ0) is 5.98. The Hall–Kier alpha value is -0.340. The van der Waals surface area contributed by atoms with Crippen LogP contribution in [-0.4, -0.2) is 17.3 Å². The number of nitrogens with two attached hydrogens (primary N) is 1. The molecule has 2 nitrogen and oxygen atoms in total. The Morgan fingerprint density at radius 1 is 1.62 bits per heavy atom. The zero-order valence-electron chi connectivity index (χ0n) is 4.75. The molecule has 2 unspecified atom stereocenters. The summed E-state index contributed by atoms with van der Waals surface area (Å²) >= 11 is 0. The SMILES string of the molecule is NC1CCC=CC1O. The van der Waals surface area contributed by atoms with E-state index in [0.29, 0.717) is 0 Å². The third kappa shape index (κ3) is 1.08. The maximum atomic E-state index is 8.97. The first-order chi connectivity index (χ1) is 3.80. The first-order valence-electron chi connectivity index (χ1n) is 2.91. The van der Waals surface area contributed by atoms with Crippen LogP contribution in [-0.2, 0) is 0 Å². The fourth-order valence-electron chi connectivity index (χ4n) is 0.838. The van der Waals surface area contributed by atoms with E-state index in [0.717, 1.165) is 12.8 Å². The summed E-state index contributed by atoms with van der Waals surface area (Å²) in [5.74, 6) is 0. The molecule has 0 bridgehead atoms. The second-order valence-corrected chi connectivity index (χ2v) is 2.16. The summed E-state index contributed by atoms with van der Waals surface area (Å²) in [6.07, 6.45) is 5.25. The molecule has 0 fully saturated rings. The van der Waals surface area contributed by atoms with Crippen LogP contribution >= 0.6 is 0 Å². The summed E-state index contributed by atoms with van der Waals surface area (Å²) in [7, 11) is 0. The molecule has 8 heavy (non-hydrogen) atoms. The Labute approximate surface area is 49.0 Å². The summed E-state index contributed by atoms with van der Waals surface area (Å²) < 4.78 is 0. The number of hydrogen-bond donors (Lipinski definition) is 2. The average molecular weight is 113 g/mol. The fourth-order valence-corrected chi connectivity index (χ4v) is 0.838. The van der Waals surface area contributed by atoms with Gasteiger partial charge in [0.25, 0.3) is 0 Å². The second kappa shape index (κ2) is 2.29. The van der Waals surface area contributed by atoms with Crippen molar-refractivity contribution in [1.82, 2.24) is 0 Å². The second-order valence-electron chi connectivity index (χ2n) is 2.16. The molecule has 0 heterocycles. The van der Waals surface area contributed by atoms with Gasteiger partial charge in [0.05, 0.1) is 6.10 Å². The lowest BCUT2D eigenvalue weighted by molar-refractivity contribution is 0.181. The minimum Gasteiger partial charge on any atom is -0.387 e. The molecule has 0 radical (unpaired) electrons. The van der Waals surface area contributed by atoms with Crippen molar-refractivity contribution in [3.63, 3.8) is 0 Å². The molecule has 0 aliphatic heterocycles. The van der Waals surface area contributed by atoms with Crippen LogP contribution in [0.5, 0.6) is 0 Å². The third-order valence-corrected chi connectivity index (χ3v) is 1.44. The summed E-state index contributed by atoms with van der Waals surface area (Å²) in [5, 5.41) is 8.97. The smallest absolute Gasteiger partial charge is 0.0871 e. The molecular weight excluding hydrogens is 102 g/mol. The van der Waals surface area contributed by atoms with E-state index in [9.17, 15) is 0 Å². The lowest BCUT2D eigenvalue weighted by Gasteiger charge is -2.17. The van der Waals surface area contributed by atoms with Crippen molar-refractivity contribution in [3.05, 3.63) is 12.2 Å². The molecule has 1 rings (SSSR count). The van der Waals surface area contributed by atoms with E-state index < -0.39 is 6.10 Å². The van der Waals surface area contributed by atoms with Gasteiger partial charge in [0.2, 0.25) is 0 Å². The molecule has 46 valence electrons. The number of aliphatic hydroxyl groups is 1. The molecule has 0 saturated heterocycles. The number of rotatable bonds is 0. The quantitative estimate of drug-likeness (QED) is 0.435. The first kappa shape index (κ1) is 5.79. The standard InChI is InChI=1S/C6H11NO/c7-5-3-1-2-4-6(5)8/h2,4-6,8H,1,3,7H2. The van der Waals surface area contributed by atoms with Crippen LogP contribution in [0.25, 0.3) is 0 Å². The lowest BCUT2D eigenvalue weighted by Crippen LogP contribution is -2.34. The normalized spacial score (nSPS) is 37.8. The molecule has 1 aliphatic carbocycles. The summed E-state index contributed by atoms with van der Waals surface area (Å²) in [4.78, 5) is 0. The van der Waals surface area contributed by atoms with Crippen molar-refractivity contribution >= 4 is 0 Å². The van der Waals surface area contributed by atoms with E-state index in [1.807, 2.05) is 6.08 Å². The van der Waals surface area contributed by atoms with Gasteiger partial charge in [-0.25, -0.2) is 0 Å². The van der Waals surface area contributed by atoms with Crippen molar-refractivity contribution in [2.75, 3.05) is 0 Å². The number of allylic oxidation sites excluding steroid dienone is 1. The van der Waals surface area contributed by atoms with Crippen molar-refractivity contribution < 1.29 is 5.11 Å². The summed E-state index contributed by atoms with van der Waals surface area (Å²) in [6.45, 7) is 0. The largest absolute Gasteiger partial charge is 0.387 e. The number of aliphatic hydroxyl groups excluding tert-OH is 1. The third-order valence-electron chi connectivity index (χ3n) is 1.44. The minimum absolute atomic E-state index is 0.0278. The van der Waals surface area contributed by atoms with Gasteiger partial charge in [0.1, 0.15) is 0 Å². The molecule has 0 aromatic rings. The van der Waals surface area contributed by atoms with Gasteiger partial charge in [-0.3, -0.25) is 0 Å². The van der Waals surface area contributed by atoms with E-state index >= 15 is 0 Å². The van der Waals surface area contributed by atoms with Crippen molar-refractivity contribution in [2.45, 2.75) is 25.0 Å². The monoisotopic (exact) mass is 113 g/mol. The molecule has 0 aromatic carbocycles. The Morgan fingerprint density at radius 2 is 2.38 bits per heavy atom. The van der Waals surface area contributed by atoms with Crippen LogP contribution in [0.1, 0.15) is 12.8 Å². The Kier molecular flexibility index (Phi) is 1.65. The van der Waals surface area contributed by atoms with Gasteiger partial charge in [0, 0.05) is 6.04 Å². The average Bonchev–Trinajstić information content (AvgIpc) is 1.77. The molecule has 0 aromatic heterocycles. The number of hydrogen-bond acceptors (Lipinski definition) is 2. The van der Waals surface area contributed by atoms with Crippen molar-refractivity contribution in [2.24, 2.45) is 5.73 Å². The molecule has 0 spiro atoms. The highest BCUT2D eigenvalue weighted by Gasteiger charge is 2.12. The van der Waals surface area contributed by atoms with E-state index in [4.69, 9.17) is 10.8 Å². The van der Waals surface area contributed by atoms with Gasteiger partial charge in [-0.1, -0.05) is 12.2 Å².